The van der Waals surface area contributed by atoms with E-state index in [1.165, 1.54) is 0 Å². The van der Waals surface area contributed by atoms with Crippen molar-refractivity contribution < 1.29 is 19.4 Å². The number of aliphatic carboxylic acids is 1. The van der Waals surface area contributed by atoms with Gasteiger partial charge in [0.05, 0.1) is 18.1 Å². The zero-order valence-corrected chi connectivity index (χ0v) is 11.4. The average Bonchev–Trinajstić information content (AvgIpc) is 3.01. The minimum Gasteiger partial charge on any atom is -0.481 e. The fraction of sp³-hybridized carbons (Fsp3) is 0.692. The lowest BCUT2D eigenvalue weighted by molar-refractivity contribution is -0.148. The molecule has 7 heteroatoms. The summed E-state index contributed by atoms with van der Waals surface area (Å²) in [5.41, 5.74) is 2.84. The van der Waals surface area contributed by atoms with Gasteiger partial charge in [0.25, 0.3) is 0 Å². The smallest absolute Gasteiger partial charge is 0.310 e. The van der Waals surface area contributed by atoms with Crippen LogP contribution >= 0.6 is 0 Å². The van der Waals surface area contributed by atoms with Crippen molar-refractivity contribution in [2.45, 2.75) is 12.2 Å². The average molecular weight is 281 g/mol. The number of amides is 1. The van der Waals surface area contributed by atoms with Crippen LogP contribution in [0.3, 0.4) is 0 Å². The Balaban J connectivity index is 1.64. The van der Waals surface area contributed by atoms with E-state index in [1.54, 1.807) is 12.2 Å². The molecule has 3 aliphatic heterocycles. The Kier molecular flexibility index (Phi) is 3.49. The third-order valence-corrected chi connectivity index (χ3v) is 4.26. The minimum atomic E-state index is -0.972. The van der Waals surface area contributed by atoms with Gasteiger partial charge in [-0.2, -0.15) is 0 Å². The second-order valence-electron chi connectivity index (χ2n) is 5.61. The van der Waals surface area contributed by atoms with Crippen LogP contribution in [0.25, 0.3) is 0 Å². The van der Waals surface area contributed by atoms with E-state index in [4.69, 9.17) is 4.74 Å². The molecule has 0 aromatic carbocycles. The molecule has 2 N–H and O–H groups in total. The highest BCUT2D eigenvalue weighted by Gasteiger charge is 2.53. The molecule has 1 amide bonds. The van der Waals surface area contributed by atoms with E-state index < -0.39 is 30.0 Å². The summed E-state index contributed by atoms with van der Waals surface area (Å²) in [6.45, 7) is 3.26. The third-order valence-electron chi connectivity index (χ3n) is 4.26. The van der Waals surface area contributed by atoms with Gasteiger partial charge in [-0.25, -0.2) is 5.01 Å². The number of nitrogens with zero attached hydrogens (tertiary/aromatic N) is 2. The van der Waals surface area contributed by atoms with Crippen LogP contribution in [0.15, 0.2) is 12.2 Å². The Bertz CT molecular complexity index is 445. The Morgan fingerprint density at radius 1 is 1.15 bits per heavy atom. The summed E-state index contributed by atoms with van der Waals surface area (Å²) in [7, 11) is 2.04. The van der Waals surface area contributed by atoms with E-state index >= 15 is 0 Å². The predicted octanol–water partition coefficient (Wildman–Crippen LogP) is -1.08. The number of rotatable bonds is 3. The van der Waals surface area contributed by atoms with Crippen LogP contribution in [0, 0.1) is 11.8 Å². The summed E-state index contributed by atoms with van der Waals surface area (Å²) in [5, 5.41) is 11.1. The lowest BCUT2D eigenvalue weighted by Crippen LogP contribution is -2.55. The van der Waals surface area contributed by atoms with Gasteiger partial charge in [-0.15, -0.1) is 0 Å². The van der Waals surface area contributed by atoms with E-state index in [9.17, 15) is 14.7 Å². The fourth-order valence-electron chi connectivity index (χ4n) is 3.06. The maximum absolute atomic E-state index is 12.4. The molecule has 0 aromatic rings. The second kappa shape index (κ2) is 5.16. The first-order valence-electron chi connectivity index (χ1n) is 6.87. The molecule has 0 aromatic heterocycles. The van der Waals surface area contributed by atoms with Gasteiger partial charge in [-0.1, -0.05) is 12.2 Å². The normalized spacial score (nSPS) is 37.2. The summed E-state index contributed by atoms with van der Waals surface area (Å²) in [6, 6.07) is 0. The molecule has 4 atom stereocenters. The topological polar surface area (TPSA) is 82.1 Å². The maximum atomic E-state index is 12.4. The number of carbonyl (C=O) groups is 2. The first kappa shape index (κ1) is 13.5. The number of hydrazine groups is 1. The summed E-state index contributed by atoms with van der Waals surface area (Å²) in [5.74, 6) is -2.64. The highest BCUT2D eigenvalue weighted by Crippen LogP contribution is 2.39. The molecular weight excluding hydrogens is 262 g/mol. The van der Waals surface area contributed by atoms with Gasteiger partial charge < -0.3 is 14.7 Å². The quantitative estimate of drug-likeness (QED) is 0.640. The number of piperazine rings is 1. The molecule has 0 aliphatic carbocycles. The molecule has 0 spiro atoms. The summed E-state index contributed by atoms with van der Waals surface area (Å²) >= 11 is 0. The number of nitrogens with one attached hydrogen (secondary N) is 1. The lowest BCUT2D eigenvalue weighted by Gasteiger charge is -2.33. The number of fused-ring (bicyclic) bond motifs is 2. The molecular formula is C13H19N3O4. The molecule has 3 rings (SSSR count). The van der Waals surface area contributed by atoms with E-state index in [2.05, 4.69) is 10.3 Å². The van der Waals surface area contributed by atoms with Gasteiger partial charge in [-0.05, 0) is 7.05 Å². The van der Waals surface area contributed by atoms with Crippen molar-refractivity contribution in [3.05, 3.63) is 12.2 Å². The van der Waals surface area contributed by atoms with Gasteiger partial charge in [0.1, 0.15) is 5.92 Å². The van der Waals surface area contributed by atoms with Crippen molar-refractivity contribution in [2.75, 3.05) is 33.2 Å². The molecule has 2 fully saturated rings. The Hall–Kier alpha value is -1.44. The highest BCUT2D eigenvalue weighted by atomic mass is 16.5. The van der Waals surface area contributed by atoms with Crippen LogP contribution in [0.1, 0.15) is 0 Å². The van der Waals surface area contributed by atoms with Gasteiger partial charge in [-0.3, -0.25) is 15.0 Å². The number of carboxylic acids is 1. The fourth-order valence-corrected chi connectivity index (χ4v) is 3.06. The molecule has 2 saturated heterocycles. The van der Waals surface area contributed by atoms with Gasteiger partial charge in [0, 0.05) is 26.2 Å². The number of hydrogen-bond donors (Lipinski definition) is 2. The zero-order chi connectivity index (χ0) is 14.3. The highest BCUT2D eigenvalue weighted by molar-refractivity contribution is 5.87. The van der Waals surface area contributed by atoms with Crippen molar-refractivity contribution in [3.8, 4) is 0 Å². The predicted molar refractivity (Wildman–Crippen MR) is 69.6 cm³/mol. The monoisotopic (exact) mass is 281 g/mol. The molecule has 20 heavy (non-hydrogen) atoms. The number of hydrogen-bond acceptors (Lipinski definition) is 5. The molecule has 0 saturated carbocycles. The molecule has 0 unspecified atom stereocenters. The summed E-state index contributed by atoms with van der Waals surface area (Å²) in [4.78, 5) is 25.9. The van der Waals surface area contributed by atoms with E-state index in [0.717, 1.165) is 26.2 Å². The number of likely N-dealkylation sites (N-methyl/N-ethyl adjacent to an activating group) is 1. The molecule has 2 bridgehead atoms. The molecule has 3 aliphatic rings. The molecule has 7 nitrogen and oxygen atoms in total. The molecule has 0 radical (unpaired) electrons. The summed E-state index contributed by atoms with van der Waals surface area (Å²) < 4.78 is 5.51. The number of carbonyl (C=O) groups excluding carboxylic acids is 1. The first-order valence-corrected chi connectivity index (χ1v) is 6.87. The van der Waals surface area contributed by atoms with Crippen molar-refractivity contribution in [2.24, 2.45) is 11.8 Å². The largest absolute Gasteiger partial charge is 0.481 e. The number of ether oxygens (including phenoxy) is 1. The zero-order valence-electron chi connectivity index (χ0n) is 11.4. The Labute approximate surface area is 117 Å². The van der Waals surface area contributed by atoms with Crippen molar-refractivity contribution in [1.29, 1.82) is 0 Å². The van der Waals surface area contributed by atoms with Gasteiger partial charge >= 0.3 is 5.97 Å². The van der Waals surface area contributed by atoms with Crippen LogP contribution in [0.2, 0.25) is 0 Å². The Morgan fingerprint density at radius 3 is 2.35 bits per heavy atom. The van der Waals surface area contributed by atoms with E-state index in [0.29, 0.717) is 0 Å². The van der Waals surface area contributed by atoms with Gasteiger partial charge in [0.2, 0.25) is 5.91 Å². The van der Waals surface area contributed by atoms with Crippen molar-refractivity contribution in [1.82, 2.24) is 15.3 Å². The molecule has 110 valence electrons. The lowest BCUT2D eigenvalue weighted by atomic mass is 9.82. The van der Waals surface area contributed by atoms with Crippen molar-refractivity contribution >= 4 is 11.9 Å². The third kappa shape index (κ3) is 2.32. The standard InChI is InChI=1S/C13H19N3O4/c1-15-4-6-16(7-5-15)14-12(17)10-8-2-3-9(20-8)11(10)13(18)19/h2-3,8-11H,4-7H2,1H3,(H,14,17)(H,18,19)/t8-,9+,10+,11+/m1/s1. The van der Waals surface area contributed by atoms with Crippen molar-refractivity contribution in [3.63, 3.8) is 0 Å². The van der Waals surface area contributed by atoms with E-state index in [1.807, 2.05) is 12.1 Å². The van der Waals surface area contributed by atoms with E-state index in [-0.39, 0.29) is 5.91 Å². The minimum absolute atomic E-state index is 0.251. The summed E-state index contributed by atoms with van der Waals surface area (Å²) in [6.07, 6.45) is 2.65. The van der Waals surface area contributed by atoms with Gasteiger partial charge in [0.15, 0.2) is 0 Å². The van der Waals surface area contributed by atoms with Crippen LogP contribution in [0.4, 0.5) is 0 Å². The van der Waals surface area contributed by atoms with Crippen LogP contribution in [-0.2, 0) is 14.3 Å². The molecule has 3 heterocycles. The second-order valence-corrected chi connectivity index (χ2v) is 5.61. The van der Waals surface area contributed by atoms with Crippen LogP contribution < -0.4 is 5.43 Å². The Morgan fingerprint density at radius 2 is 1.75 bits per heavy atom. The maximum Gasteiger partial charge on any atom is 0.310 e. The van der Waals surface area contributed by atoms with Crippen LogP contribution in [0.5, 0.6) is 0 Å². The van der Waals surface area contributed by atoms with Crippen LogP contribution in [-0.4, -0.2) is 72.3 Å². The number of carboxylic acid groups (broad SMARTS) is 1. The first-order chi connectivity index (χ1) is 9.56. The SMILES string of the molecule is CN1CCN(NC(=O)[C@@H]2[C@@H](C(=O)O)[C@@H]3C=C[C@H]2O3)CC1.